The maximum absolute atomic E-state index is 6.00. The monoisotopic (exact) mass is 403 g/mol. The minimum Gasteiger partial charge on any atom is -0.497 e. The van der Waals surface area contributed by atoms with E-state index >= 15 is 0 Å². The van der Waals surface area contributed by atoms with Crippen LogP contribution in [-0.4, -0.2) is 32.6 Å². The van der Waals surface area contributed by atoms with E-state index < -0.39 is 0 Å². The molecule has 0 aromatic heterocycles. The second kappa shape index (κ2) is 9.98. The molecule has 0 amide bonds. The lowest BCUT2D eigenvalue weighted by molar-refractivity contribution is 0.352. The molecular formula is C23H27Cl2NO. The van der Waals surface area contributed by atoms with Gasteiger partial charge in [0.2, 0.25) is 0 Å². The molecule has 2 aromatic carbocycles. The molecule has 27 heavy (non-hydrogen) atoms. The lowest BCUT2D eigenvalue weighted by Gasteiger charge is -2.28. The predicted octanol–water partition coefficient (Wildman–Crippen LogP) is 6.21. The lowest BCUT2D eigenvalue weighted by Crippen LogP contribution is -2.24. The summed E-state index contributed by atoms with van der Waals surface area (Å²) in [5.41, 5.74) is 5.19. The van der Waals surface area contributed by atoms with Crippen molar-refractivity contribution in [2.24, 2.45) is 5.92 Å². The van der Waals surface area contributed by atoms with Crippen molar-refractivity contribution in [2.45, 2.75) is 12.8 Å². The van der Waals surface area contributed by atoms with Gasteiger partial charge < -0.3 is 9.64 Å². The van der Waals surface area contributed by atoms with Gasteiger partial charge in [-0.05, 0) is 79.4 Å². The summed E-state index contributed by atoms with van der Waals surface area (Å²) in [6.07, 6.45) is 6.87. The molecular weight excluding hydrogens is 377 g/mol. The summed E-state index contributed by atoms with van der Waals surface area (Å²) >= 11 is 6.00. The minimum atomic E-state index is 0. The van der Waals surface area contributed by atoms with Crippen LogP contribution in [-0.2, 0) is 0 Å². The summed E-state index contributed by atoms with van der Waals surface area (Å²) < 4.78 is 5.43. The Hall–Kier alpha value is -1.74. The Morgan fingerprint density at radius 2 is 1.89 bits per heavy atom. The van der Waals surface area contributed by atoms with Crippen molar-refractivity contribution in [3.63, 3.8) is 0 Å². The molecule has 0 heterocycles. The second-order valence-electron chi connectivity index (χ2n) is 7.10. The molecule has 0 spiro atoms. The van der Waals surface area contributed by atoms with Crippen molar-refractivity contribution < 1.29 is 4.74 Å². The van der Waals surface area contributed by atoms with E-state index in [1.54, 1.807) is 7.11 Å². The predicted molar refractivity (Wildman–Crippen MR) is 119 cm³/mol. The summed E-state index contributed by atoms with van der Waals surface area (Å²) in [6.45, 7) is 1.05. The highest BCUT2D eigenvalue weighted by Crippen LogP contribution is 2.37. The normalized spacial score (nSPS) is 18.2. The van der Waals surface area contributed by atoms with E-state index in [9.17, 15) is 0 Å². The highest BCUT2D eigenvalue weighted by Gasteiger charge is 2.22. The van der Waals surface area contributed by atoms with E-state index in [0.29, 0.717) is 5.92 Å². The largest absolute Gasteiger partial charge is 0.497 e. The van der Waals surface area contributed by atoms with Crippen molar-refractivity contribution in [3.8, 4) is 5.75 Å². The van der Waals surface area contributed by atoms with E-state index in [4.69, 9.17) is 16.3 Å². The molecule has 0 fully saturated rings. The smallest absolute Gasteiger partial charge is 0.119 e. The van der Waals surface area contributed by atoms with Crippen LogP contribution in [0.15, 0.2) is 60.2 Å². The van der Waals surface area contributed by atoms with E-state index in [-0.39, 0.29) is 12.4 Å². The third kappa shape index (κ3) is 5.87. The van der Waals surface area contributed by atoms with Gasteiger partial charge in [0.1, 0.15) is 5.75 Å². The molecule has 2 nitrogen and oxygen atoms in total. The fraction of sp³-hybridized carbons (Fsp3) is 0.304. The number of ether oxygens (including phenoxy) is 1. The van der Waals surface area contributed by atoms with Crippen LogP contribution in [0.1, 0.15) is 24.0 Å². The average molecular weight is 404 g/mol. The highest BCUT2D eigenvalue weighted by molar-refractivity contribution is 6.30. The van der Waals surface area contributed by atoms with E-state index in [1.807, 2.05) is 18.2 Å². The summed E-state index contributed by atoms with van der Waals surface area (Å²) in [7, 11) is 6.00. The number of allylic oxidation sites excluding steroid dienone is 2. The Balaban J connectivity index is 0.00000261. The Morgan fingerprint density at radius 3 is 2.56 bits per heavy atom. The molecule has 3 rings (SSSR count). The first-order valence-corrected chi connectivity index (χ1v) is 9.40. The molecule has 0 saturated carbocycles. The minimum absolute atomic E-state index is 0. The van der Waals surface area contributed by atoms with Crippen molar-refractivity contribution >= 4 is 35.7 Å². The van der Waals surface area contributed by atoms with Crippen LogP contribution in [0.25, 0.3) is 11.6 Å². The Kier molecular flexibility index (Phi) is 7.97. The van der Waals surface area contributed by atoms with E-state index in [2.05, 4.69) is 61.5 Å². The highest BCUT2D eigenvalue weighted by atomic mass is 35.5. The van der Waals surface area contributed by atoms with Gasteiger partial charge in [-0.15, -0.1) is 12.4 Å². The Morgan fingerprint density at radius 1 is 1.15 bits per heavy atom. The first-order valence-electron chi connectivity index (χ1n) is 9.02. The van der Waals surface area contributed by atoms with Crippen molar-refractivity contribution in [1.82, 2.24) is 4.90 Å². The second-order valence-corrected chi connectivity index (χ2v) is 7.54. The van der Waals surface area contributed by atoms with Crippen LogP contribution in [0.5, 0.6) is 5.75 Å². The third-order valence-electron chi connectivity index (χ3n) is 4.77. The summed E-state index contributed by atoms with van der Waals surface area (Å²) in [4.78, 5) is 2.27. The zero-order chi connectivity index (χ0) is 18.5. The molecule has 2 aromatic rings. The fourth-order valence-electron chi connectivity index (χ4n) is 3.53. The molecule has 0 saturated heterocycles. The maximum Gasteiger partial charge on any atom is 0.119 e. The van der Waals surface area contributed by atoms with Crippen molar-refractivity contribution in [1.29, 1.82) is 0 Å². The number of halogens is 2. The zero-order valence-corrected chi connectivity index (χ0v) is 17.7. The number of hydrogen-bond acceptors (Lipinski definition) is 2. The van der Waals surface area contributed by atoms with Crippen molar-refractivity contribution in [3.05, 3.63) is 76.3 Å². The average Bonchev–Trinajstić information content (AvgIpc) is 2.64. The van der Waals surface area contributed by atoms with Gasteiger partial charge in [-0.25, -0.2) is 0 Å². The van der Waals surface area contributed by atoms with Crippen LogP contribution in [0.2, 0.25) is 5.02 Å². The van der Waals surface area contributed by atoms with E-state index in [0.717, 1.165) is 30.2 Å². The van der Waals surface area contributed by atoms with Crippen LogP contribution in [0.3, 0.4) is 0 Å². The van der Waals surface area contributed by atoms with Gasteiger partial charge in [-0.1, -0.05) is 48.0 Å². The van der Waals surface area contributed by atoms with Gasteiger partial charge in [0.15, 0.2) is 0 Å². The van der Waals surface area contributed by atoms with Crippen LogP contribution < -0.4 is 4.74 Å². The fourth-order valence-corrected chi connectivity index (χ4v) is 3.65. The number of nitrogens with zero attached hydrogens (tertiary/aromatic N) is 1. The first-order chi connectivity index (χ1) is 12.5. The maximum atomic E-state index is 6.00. The summed E-state index contributed by atoms with van der Waals surface area (Å²) in [6, 6.07) is 16.4. The summed E-state index contributed by atoms with van der Waals surface area (Å²) in [5, 5.41) is 0.773. The van der Waals surface area contributed by atoms with Gasteiger partial charge in [-0.2, -0.15) is 0 Å². The Labute approximate surface area is 173 Å². The van der Waals surface area contributed by atoms with E-state index in [1.165, 1.54) is 22.3 Å². The van der Waals surface area contributed by atoms with Crippen LogP contribution in [0.4, 0.5) is 0 Å². The SMILES string of the molecule is COc1cccc(C2=C/C(=C/c3ccc(Cl)cc3)CCC2CN(C)C)c1.Cl. The third-order valence-corrected chi connectivity index (χ3v) is 5.02. The van der Waals surface area contributed by atoms with Crippen LogP contribution in [0, 0.1) is 5.92 Å². The van der Waals surface area contributed by atoms with Gasteiger partial charge in [0, 0.05) is 11.6 Å². The molecule has 4 heteroatoms. The molecule has 0 radical (unpaired) electrons. The number of methoxy groups -OCH3 is 1. The number of rotatable bonds is 5. The van der Waals surface area contributed by atoms with Gasteiger partial charge in [0.05, 0.1) is 7.11 Å². The number of hydrogen-bond donors (Lipinski definition) is 0. The van der Waals surface area contributed by atoms with Gasteiger partial charge in [-0.3, -0.25) is 0 Å². The molecule has 0 bridgehead atoms. The molecule has 1 aliphatic carbocycles. The number of benzene rings is 2. The van der Waals surface area contributed by atoms with Crippen molar-refractivity contribution in [2.75, 3.05) is 27.7 Å². The summed E-state index contributed by atoms with van der Waals surface area (Å²) in [5.74, 6) is 1.43. The first kappa shape index (κ1) is 21.6. The molecule has 1 atom stereocenters. The van der Waals surface area contributed by atoms with Gasteiger partial charge >= 0.3 is 0 Å². The molecule has 1 unspecified atom stereocenters. The Bertz CT molecular complexity index is 809. The quantitative estimate of drug-likeness (QED) is 0.588. The molecule has 144 valence electrons. The standard InChI is InChI=1S/C23H26ClNO.ClH/c1-25(2)16-20-10-7-18(13-17-8-11-21(24)12-9-17)14-23(20)19-5-4-6-22(15-19)26-3;/h4-6,8-9,11-15,20H,7,10,16H2,1-3H3;1H/b18-13+;. The zero-order valence-electron chi connectivity index (χ0n) is 16.1. The van der Waals surface area contributed by atoms with Crippen LogP contribution >= 0.6 is 24.0 Å². The topological polar surface area (TPSA) is 12.5 Å². The van der Waals surface area contributed by atoms with Gasteiger partial charge in [0.25, 0.3) is 0 Å². The molecule has 1 aliphatic rings. The molecule has 0 N–H and O–H groups in total. The molecule has 0 aliphatic heterocycles. The lowest BCUT2D eigenvalue weighted by atomic mass is 9.81.